The average molecular weight is 179 g/mol. The van der Waals surface area contributed by atoms with Gasteiger partial charge in [-0.15, -0.1) is 0 Å². The van der Waals surface area contributed by atoms with Gasteiger partial charge in [0.05, 0.1) is 12.7 Å². The Kier molecular flexibility index (Phi) is 1.92. The van der Waals surface area contributed by atoms with Crippen LogP contribution in [0.4, 0.5) is 0 Å². The second kappa shape index (κ2) is 2.96. The summed E-state index contributed by atoms with van der Waals surface area (Å²) in [6.07, 6.45) is 1.67. The van der Waals surface area contributed by atoms with Crippen LogP contribution in [0, 0.1) is 0 Å². The minimum absolute atomic E-state index is 0.0903. The van der Waals surface area contributed by atoms with Crippen molar-refractivity contribution in [3.8, 4) is 0 Å². The number of hydrogen-bond donors (Lipinski definition) is 1. The van der Waals surface area contributed by atoms with Crippen molar-refractivity contribution in [2.45, 2.75) is 26.4 Å². The summed E-state index contributed by atoms with van der Waals surface area (Å²) < 4.78 is 2.03. The molecule has 0 amide bonds. The predicted octanol–water partition coefficient (Wildman–Crippen LogP) is 0.750. The minimum Gasteiger partial charge on any atom is -0.320 e. The fourth-order valence-electron chi connectivity index (χ4n) is 1.77. The highest BCUT2D eigenvalue weighted by Crippen LogP contribution is 2.17. The van der Waals surface area contributed by atoms with Crippen LogP contribution in [0.15, 0.2) is 6.20 Å². The maximum Gasteiger partial charge on any atom is 0.177 e. The lowest BCUT2D eigenvalue weighted by Crippen LogP contribution is -2.32. The van der Waals surface area contributed by atoms with Crippen molar-refractivity contribution in [1.29, 1.82) is 0 Å². The molecule has 1 aromatic rings. The lowest BCUT2D eigenvalue weighted by molar-refractivity contribution is 0.100. The number of fused-ring (bicyclic) bond motifs is 1. The van der Waals surface area contributed by atoms with E-state index in [0.29, 0.717) is 6.04 Å². The van der Waals surface area contributed by atoms with E-state index in [0.717, 1.165) is 24.6 Å². The highest BCUT2D eigenvalue weighted by Gasteiger charge is 2.20. The number of nitrogens with zero attached hydrogens (tertiary/aromatic N) is 2. The van der Waals surface area contributed by atoms with Crippen molar-refractivity contribution in [2.75, 3.05) is 6.54 Å². The molecule has 1 aromatic heterocycles. The van der Waals surface area contributed by atoms with Gasteiger partial charge in [-0.3, -0.25) is 4.79 Å². The summed E-state index contributed by atoms with van der Waals surface area (Å²) >= 11 is 0. The Morgan fingerprint density at radius 1 is 1.77 bits per heavy atom. The number of nitrogens with one attached hydrogen (secondary N) is 1. The largest absolute Gasteiger partial charge is 0.320 e. The monoisotopic (exact) mass is 179 g/mol. The minimum atomic E-state index is 0.0903. The Labute approximate surface area is 77.0 Å². The van der Waals surface area contributed by atoms with Crippen molar-refractivity contribution in [2.24, 2.45) is 0 Å². The van der Waals surface area contributed by atoms with Crippen LogP contribution in [-0.4, -0.2) is 21.9 Å². The molecule has 4 nitrogen and oxygen atoms in total. The van der Waals surface area contributed by atoms with Crippen LogP contribution in [0.5, 0.6) is 0 Å². The zero-order valence-electron chi connectivity index (χ0n) is 7.87. The van der Waals surface area contributed by atoms with E-state index in [4.69, 9.17) is 0 Å². The second-order valence-electron chi connectivity index (χ2n) is 3.47. The van der Waals surface area contributed by atoms with E-state index >= 15 is 0 Å². The van der Waals surface area contributed by atoms with Gasteiger partial charge >= 0.3 is 0 Å². The van der Waals surface area contributed by atoms with Crippen molar-refractivity contribution in [3.05, 3.63) is 17.7 Å². The summed E-state index contributed by atoms with van der Waals surface area (Å²) in [4.78, 5) is 15.5. The zero-order chi connectivity index (χ0) is 9.42. The van der Waals surface area contributed by atoms with Gasteiger partial charge in [0, 0.05) is 19.5 Å². The third-order valence-corrected chi connectivity index (χ3v) is 2.40. The molecule has 0 aliphatic carbocycles. The molecule has 2 heterocycles. The molecule has 0 spiro atoms. The number of hydrogen-bond acceptors (Lipinski definition) is 3. The second-order valence-corrected chi connectivity index (χ2v) is 3.47. The molecule has 70 valence electrons. The van der Waals surface area contributed by atoms with Crippen LogP contribution in [0.3, 0.4) is 0 Å². The quantitative estimate of drug-likeness (QED) is 0.647. The van der Waals surface area contributed by atoms with Crippen LogP contribution >= 0.6 is 0 Å². The number of ketones is 1. The average Bonchev–Trinajstić information content (AvgIpc) is 2.49. The van der Waals surface area contributed by atoms with Crippen LogP contribution in [0.25, 0.3) is 0 Å². The Morgan fingerprint density at radius 2 is 2.54 bits per heavy atom. The molecule has 0 saturated heterocycles. The van der Waals surface area contributed by atoms with Gasteiger partial charge in [-0.1, -0.05) is 0 Å². The predicted molar refractivity (Wildman–Crippen MR) is 48.6 cm³/mol. The van der Waals surface area contributed by atoms with Crippen LogP contribution in [0.1, 0.15) is 36.2 Å². The van der Waals surface area contributed by atoms with E-state index in [2.05, 4.69) is 17.2 Å². The molecular formula is C9H13N3O. The summed E-state index contributed by atoms with van der Waals surface area (Å²) in [7, 11) is 0. The molecule has 0 aromatic carbocycles. The molecular weight excluding hydrogens is 166 g/mol. The third-order valence-electron chi connectivity index (χ3n) is 2.40. The first-order valence-corrected chi connectivity index (χ1v) is 4.48. The molecule has 4 heteroatoms. The molecule has 0 radical (unpaired) electrons. The summed E-state index contributed by atoms with van der Waals surface area (Å²) in [5, 5.41) is 3.25. The van der Waals surface area contributed by atoms with E-state index in [1.54, 1.807) is 13.1 Å². The topological polar surface area (TPSA) is 46.9 Å². The van der Waals surface area contributed by atoms with Crippen molar-refractivity contribution >= 4 is 5.78 Å². The summed E-state index contributed by atoms with van der Waals surface area (Å²) in [6, 6.07) is 0.324. The first-order chi connectivity index (χ1) is 6.20. The molecule has 0 bridgehead atoms. The van der Waals surface area contributed by atoms with Gasteiger partial charge in [0.2, 0.25) is 0 Å². The molecule has 0 saturated carbocycles. The van der Waals surface area contributed by atoms with E-state index in [1.807, 2.05) is 4.57 Å². The Morgan fingerprint density at radius 3 is 3.23 bits per heavy atom. The SMILES string of the molecule is CC(=O)c1cnc2n1C(C)CNC2. The summed E-state index contributed by atoms with van der Waals surface area (Å²) in [5.41, 5.74) is 0.726. The Balaban J connectivity index is 2.50. The maximum atomic E-state index is 11.2. The molecule has 2 rings (SSSR count). The highest BCUT2D eigenvalue weighted by molar-refractivity contribution is 5.92. The maximum absolute atomic E-state index is 11.2. The molecule has 13 heavy (non-hydrogen) atoms. The van der Waals surface area contributed by atoms with Gasteiger partial charge in [0.15, 0.2) is 5.78 Å². The van der Waals surface area contributed by atoms with Gasteiger partial charge in [-0.25, -0.2) is 4.98 Å². The molecule has 1 aliphatic heterocycles. The van der Waals surface area contributed by atoms with Gasteiger partial charge < -0.3 is 9.88 Å². The summed E-state index contributed by atoms with van der Waals surface area (Å²) in [6.45, 7) is 5.34. The molecule has 1 unspecified atom stereocenters. The molecule has 1 atom stereocenters. The molecule has 0 fully saturated rings. The van der Waals surface area contributed by atoms with Crippen molar-refractivity contribution in [3.63, 3.8) is 0 Å². The van der Waals surface area contributed by atoms with Crippen molar-refractivity contribution < 1.29 is 4.79 Å². The fourth-order valence-corrected chi connectivity index (χ4v) is 1.77. The Hall–Kier alpha value is -1.16. The number of imidazole rings is 1. The van der Waals surface area contributed by atoms with E-state index in [-0.39, 0.29) is 5.78 Å². The van der Waals surface area contributed by atoms with Gasteiger partial charge in [0.25, 0.3) is 0 Å². The lowest BCUT2D eigenvalue weighted by Gasteiger charge is -2.24. The smallest absolute Gasteiger partial charge is 0.177 e. The highest BCUT2D eigenvalue weighted by atomic mass is 16.1. The first-order valence-electron chi connectivity index (χ1n) is 4.48. The standard InChI is InChI=1S/C9H13N3O/c1-6-3-10-5-9-11-4-8(7(2)13)12(6)9/h4,6,10H,3,5H2,1-2H3. The zero-order valence-corrected chi connectivity index (χ0v) is 7.87. The third kappa shape index (κ3) is 1.27. The molecule has 1 aliphatic rings. The first kappa shape index (κ1) is 8.44. The fraction of sp³-hybridized carbons (Fsp3) is 0.556. The normalized spacial score (nSPS) is 21.2. The number of carbonyl (C=O) groups excluding carboxylic acids is 1. The van der Waals surface area contributed by atoms with Gasteiger partial charge in [-0.05, 0) is 6.92 Å². The van der Waals surface area contributed by atoms with Gasteiger partial charge in [0.1, 0.15) is 11.5 Å². The van der Waals surface area contributed by atoms with Crippen LogP contribution in [-0.2, 0) is 6.54 Å². The Bertz CT molecular complexity index is 343. The number of rotatable bonds is 1. The number of Topliss-reactive ketones (excluding diaryl/α,β-unsaturated/α-hetero) is 1. The van der Waals surface area contributed by atoms with Crippen molar-refractivity contribution in [1.82, 2.24) is 14.9 Å². The van der Waals surface area contributed by atoms with Crippen LogP contribution in [0.2, 0.25) is 0 Å². The van der Waals surface area contributed by atoms with Gasteiger partial charge in [-0.2, -0.15) is 0 Å². The van der Waals surface area contributed by atoms with E-state index < -0.39 is 0 Å². The number of aromatic nitrogens is 2. The van der Waals surface area contributed by atoms with Crippen LogP contribution < -0.4 is 5.32 Å². The summed E-state index contributed by atoms with van der Waals surface area (Å²) in [5.74, 6) is 1.05. The molecule has 1 N–H and O–H groups in total. The van der Waals surface area contributed by atoms with E-state index in [9.17, 15) is 4.79 Å². The lowest BCUT2D eigenvalue weighted by atomic mass is 10.2. The van der Waals surface area contributed by atoms with E-state index in [1.165, 1.54) is 0 Å². The number of carbonyl (C=O) groups is 1.